The predicted molar refractivity (Wildman–Crippen MR) is 78.8 cm³/mol. The summed E-state index contributed by atoms with van der Waals surface area (Å²) in [5.41, 5.74) is 1.11. The molecular formula is C15H8BrClO2. The molecule has 1 heterocycles. The zero-order chi connectivity index (χ0) is 13.4. The van der Waals surface area contributed by atoms with Crippen LogP contribution in [0.3, 0.4) is 0 Å². The number of rotatable bonds is 2. The first kappa shape index (κ1) is 12.5. The van der Waals surface area contributed by atoms with E-state index in [1.807, 2.05) is 18.2 Å². The molecule has 2 aromatic carbocycles. The Morgan fingerprint density at radius 2 is 1.89 bits per heavy atom. The van der Waals surface area contributed by atoms with Gasteiger partial charge in [-0.15, -0.1) is 0 Å². The Kier molecular flexibility index (Phi) is 3.17. The minimum atomic E-state index is -0.214. The Bertz CT molecular complexity index is 777. The molecule has 0 bridgehead atoms. The third-order valence-corrected chi connectivity index (χ3v) is 3.79. The van der Waals surface area contributed by atoms with Crippen molar-refractivity contribution in [2.24, 2.45) is 0 Å². The molecule has 0 amide bonds. The number of ketones is 1. The van der Waals surface area contributed by atoms with Gasteiger partial charge in [0.25, 0.3) is 0 Å². The maximum atomic E-state index is 12.4. The Labute approximate surface area is 123 Å². The lowest BCUT2D eigenvalue weighted by molar-refractivity contribution is 0.101. The van der Waals surface area contributed by atoms with Crippen LogP contribution in [0.4, 0.5) is 0 Å². The third-order valence-electron chi connectivity index (χ3n) is 2.84. The van der Waals surface area contributed by atoms with Crippen molar-refractivity contribution in [3.05, 3.63) is 69.3 Å². The van der Waals surface area contributed by atoms with Crippen LogP contribution in [0.2, 0.25) is 5.02 Å². The molecule has 4 heteroatoms. The van der Waals surface area contributed by atoms with E-state index in [1.54, 1.807) is 30.3 Å². The van der Waals surface area contributed by atoms with Gasteiger partial charge in [-0.2, -0.15) is 0 Å². The third kappa shape index (κ3) is 2.20. The lowest BCUT2D eigenvalue weighted by Crippen LogP contribution is -1.99. The lowest BCUT2D eigenvalue weighted by Gasteiger charge is -1.99. The number of hydrogen-bond donors (Lipinski definition) is 0. The van der Waals surface area contributed by atoms with Crippen LogP contribution < -0.4 is 0 Å². The van der Waals surface area contributed by atoms with Crippen molar-refractivity contribution >= 4 is 44.3 Å². The second kappa shape index (κ2) is 4.83. The monoisotopic (exact) mass is 334 g/mol. The smallest absolute Gasteiger partial charge is 0.229 e. The Morgan fingerprint density at radius 3 is 2.63 bits per heavy atom. The van der Waals surface area contributed by atoms with Crippen LogP contribution in [-0.4, -0.2) is 5.78 Å². The minimum Gasteiger partial charge on any atom is -0.451 e. The zero-order valence-corrected chi connectivity index (χ0v) is 12.0. The fourth-order valence-electron chi connectivity index (χ4n) is 1.92. The van der Waals surface area contributed by atoms with Gasteiger partial charge in [0.15, 0.2) is 5.76 Å². The Morgan fingerprint density at radius 1 is 1.11 bits per heavy atom. The van der Waals surface area contributed by atoms with E-state index in [4.69, 9.17) is 16.0 Å². The van der Waals surface area contributed by atoms with E-state index in [0.717, 1.165) is 9.86 Å². The SMILES string of the molecule is O=C(c1cc2cccc(Br)c2o1)c1ccccc1Cl. The minimum absolute atomic E-state index is 0.214. The van der Waals surface area contributed by atoms with E-state index >= 15 is 0 Å². The van der Waals surface area contributed by atoms with Crippen molar-refractivity contribution in [2.45, 2.75) is 0 Å². The van der Waals surface area contributed by atoms with Crippen LogP contribution in [0.5, 0.6) is 0 Å². The molecule has 0 aliphatic rings. The Hall–Kier alpha value is -1.58. The molecule has 0 unspecified atom stereocenters. The fourth-order valence-corrected chi connectivity index (χ4v) is 2.60. The molecule has 2 nitrogen and oxygen atoms in total. The number of halogens is 2. The molecule has 0 atom stereocenters. The van der Waals surface area contributed by atoms with Gasteiger partial charge in [-0.25, -0.2) is 0 Å². The van der Waals surface area contributed by atoms with Crippen molar-refractivity contribution in [1.29, 1.82) is 0 Å². The van der Waals surface area contributed by atoms with Crippen LogP contribution >= 0.6 is 27.5 Å². The van der Waals surface area contributed by atoms with Gasteiger partial charge < -0.3 is 4.42 Å². The highest BCUT2D eigenvalue weighted by atomic mass is 79.9. The van der Waals surface area contributed by atoms with Crippen LogP contribution in [0.1, 0.15) is 16.1 Å². The second-order valence-electron chi connectivity index (χ2n) is 4.08. The van der Waals surface area contributed by atoms with Crippen LogP contribution in [0, 0.1) is 0 Å². The number of benzene rings is 2. The largest absolute Gasteiger partial charge is 0.451 e. The van der Waals surface area contributed by atoms with Gasteiger partial charge in [-0.05, 0) is 40.2 Å². The molecule has 3 rings (SSSR count). The summed E-state index contributed by atoms with van der Waals surface area (Å²) in [6.07, 6.45) is 0. The van der Waals surface area contributed by atoms with E-state index < -0.39 is 0 Å². The quantitative estimate of drug-likeness (QED) is 0.611. The molecule has 0 saturated heterocycles. The molecular weight excluding hydrogens is 328 g/mol. The topological polar surface area (TPSA) is 30.2 Å². The number of para-hydroxylation sites is 1. The summed E-state index contributed by atoms with van der Waals surface area (Å²) < 4.78 is 6.44. The van der Waals surface area contributed by atoms with Crippen LogP contribution in [-0.2, 0) is 0 Å². The van der Waals surface area contributed by atoms with Crippen LogP contribution in [0.25, 0.3) is 11.0 Å². The van der Waals surface area contributed by atoms with Crippen molar-refractivity contribution in [2.75, 3.05) is 0 Å². The van der Waals surface area contributed by atoms with Gasteiger partial charge in [0, 0.05) is 10.9 Å². The normalized spacial score (nSPS) is 10.8. The molecule has 0 saturated carbocycles. The van der Waals surface area contributed by atoms with Crippen molar-refractivity contribution in [1.82, 2.24) is 0 Å². The summed E-state index contributed by atoms with van der Waals surface area (Å²) in [5, 5.41) is 1.30. The van der Waals surface area contributed by atoms with E-state index in [0.29, 0.717) is 16.2 Å². The van der Waals surface area contributed by atoms with E-state index in [-0.39, 0.29) is 11.5 Å². The summed E-state index contributed by atoms with van der Waals surface area (Å²) in [4.78, 5) is 12.4. The molecule has 0 N–H and O–H groups in total. The molecule has 0 spiro atoms. The molecule has 0 aliphatic heterocycles. The highest BCUT2D eigenvalue weighted by molar-refractivity contribution is 9.10. The summed E-state index contributed by atoms with van der Waals surface area (Å²) in [7, 11) is 0. The Balaban J connectivity index is 2.12. The van der Waals surface area contributed by atoms with Crippen molar-refractivity contribution in [3.63, 3.8) is 0 Å². The number of hydrogen-bond acceptors (Lipinski definition) is 2. The number of carbonyl (C=O) groups is 1. The maximum absolute atomic E-state index is 12.4. The molecule has 3 aromatic rings. The average Bonchev–Trinajstić information content (AvgIpc) is 2.84. The molecule has 0 fully saturated rings. The second-order valence-corrected chi connectivity index (χ2v) is 5.34. The first-order valence-electron chi connectivity index (χ1n) is 5.64. The molecule has 0 aliphatic carbocycles. The molecule has 0 radical (unpaired) electrons. The van der Waals surface area contributed by atoms with Gasteiger partial charge in [-0.1, -0.05) is 35.9 Å². The van der Waals surface area contributed by atoms with Gasteiger partial charge in [-0.3, -0.25) is 4.79 Å². The van der Waals surface area contributed by atoms with E-state index in [2.05, 4.69) is 15.9 Å². The first-order chi connectivity index (χ1) is 9.16. The van der Waals surface area contributed by atoms with Crippen LogP contribution in [0.15, 0.2) is 57.4 Å². The van der Waals surface area contributed by atoms with Crippen molar-refractivity contribution in [3.8, 4) is 0 Å². The van der Waals surface area contributed by atoms with E-state index in [9.17, 15) is 4.79 Å². The summed E-state index contributed by atoms with van der Waals surface area (Å²) >= 11 is 9.43. The summed E-state index contributed by atoms with van der Waals surface area (Å²) in [6, 6.07) is 14.3. The number of fused-ring (bicyclic) bond motifs is 1. The predicted octanol–water partition coefficient (Wildman–Crippen LogP) is 5.08. The van der Waals surface area contributed by atoms with Gasteiger partial charge in [0.05, 0.1) is 9.50 Å². The van der Waals surface area contributed by atoms with Crippen molar-refractivity contribution < 1.29 is 9.21 Å². The number of furan rings is 1. The average molecular weight is 336 g/mol. The first-order valence-corrected chi connectivity index (χ1v) is 6.81. The van der Waals surface area contributed by atoms with Gasteiger partial charge in [0.2, 0.25) is 5.78 Å². The summed E-state index contributed by atoms with van der Waals surface area (Å²) in [6.45, 7) is 0. The summed E-state index contributed by atoms with van der Waals surface area (Å²) in [5.74, 6) is 0.0729. The fraction of sp³-hybridized carbons (Fsp3) is 0. The number of carbonyl (C=O) groups excluding carboxylic acids is 1. The molecule has 94 valence electrons. The van der Waals surface area contributed by atoms with Gasteiger partial charge >= 0.3 is 0 Å². The molecule has 19 heavy (non-hydrogen) atoms. The molecule has 1 aromatic heterocycles. The maximum Gasteiger partial charge on any atom is 0.229 e. The standard InChI is InChI=1S/C15H8BrClO2/c16-11-6-3-4-9-8-13(19-15(9)11)14(18)10-5-1-2-7-12(10)17/h1-8H. The van der Waals surface area contributed by atoms with E-state index in [1.165, 1.54) is 0 Å². The lowest BCUT2D eigenvalue weighted by atomic mass is 10.1. The highest BCUT2D eigenvalue weighted by Crippen LogP contribution is 2.29. The highest BCUT2D eigenvalue weighted by Gasteiger charge is 2.17. The zero-order valence-electron chi connectivity index (χ0n) is 9.69. The van der Waals surface area contributed by atoms with Gasteiger partial charge in [0.1, 0.15) is 5.58 Å².